The van der Waals surface area contributed by atoms with Gasteiger partial charge in [0.05, 0.1) is 6.17 Å². The molecule has 0 aliphatic heterocycles. The van der Waals surface area contributed by atoms with Gasteiger partial charge in [-0.15, -0.1) is 0 Å². The van der Waals surface area contributed by atoms with Crippen LogP contribution in [0.5, 0.6) is 0 Å². The highest BCUT2D eigenvalue weighted by Crippen LogP contribution is 2.08. The molecule has 0 heterocycles. The molecule has 0 unspecified atom stereocenters. The van der Waals surface area contributed by atoms with Crippen molar-refractivity contribution in [2.45, 2.75) is 19.5 Å². The zero-order valence-corrected chi connectivity index (χ0v) is 6.75. The highest BCUT2D eigenvalue weighted by atomic mass is 14.8. The Kier molecular flexibility index (Phi) is 2.63. The van der Waals surface area contributed by atoms with Gasteiger partial charge in [0.15, 0.2) is 0 Å². The number of nitrogens with two attached hydrogens (primary N) is 2. The van der Waals surface area contributed by atoms with Crippen molar-refractivity contribution < 1.29 is 0 Å². The molecule has 0 aliphatic rings. The Morgan fingerprint density at radius 1 is 1.36 bits per heavy atom. The summed E-state index contributed by atoms with van der Waals surface area (Å²) in [4.78, 5) is 0. The van der Waals surface area contributed by atoms with Crippen LogP contribution in [0.4, 0.5) is 0 Å². The molecule has 0 fully saturated rings. The molecular formula is C9H14N2. The van der Waals surface area contributed by atoms with Gasteiger partial charge in [0, 0.05) is 0 Å². The molecule has 0 aromatic heterocycles. The van der Waals surface area contributed by atoms with E-state index in [1.807, 2.05) is 18.2 Å². The van der Waals surface area contributed by atoms with E-state index >= 15 is 0 Å². The van der Waals surface area contributed by atoms with Crippen molar-refractivity contribution in [1.82, 2.24) is 0 Å². The second-order valence-electron chi connectivity index (χ2n) is 2.62. The Morgan fingerprint density at radius 3 is 2.64 bits per heavy atom. The van der Waals surface area contributed by atoms with E-state index in [0.29, 0.717) is 0 Å². The molecule has 1 aromatic rings. The van der Waals surface area contributed by atoms with Gasteiger partial charge in [-0.1, -0.05) is 31.2 Å². The van der Waals surface area contributed by atoms with Crippen molar-refractivity contribution in [1.29, 1.82) is 0 Å². The van der Waals surface area contributed by atoms with Gasteiger partial charge in [0.1, 0.15) is 0 Å². The molecule has 0 amide bonds. The van der Waals surface area contributed by atoms with Gasteiger partial charge in [-0.25, -0.2) is 0 Å². The Labute approximate surface area is 67.2 Å². The minimum absolute atomic E-state index is 0.346. The van der Waals surface area contributed by atoms with Crippen molar-refractivity contribution >= 4 is 0 Å². The summed E-state index contributed by atoms with van der Waals surface area (Å²) in [5.41, 5.74) is 13.3. The van der Waals surface area contributed by atoms with Gasteiger partial charge in [0.2, 0.25) is 0 Å². The maximum Gasteiger partial charge on any atom is 0.0784 e. The molecule has 1 aromatic carbocycles. The van der Waals surface area contributed by atoms with Crippen LogP contribution in [0.2, 0.25) is 0 Å². The summed E-state index contributed by atoms with van der Waals surface area (Å²) in [7, 11) is 0. The van der Waals surface area contributed by atoms with E-state index in [1.54, 1.807) is 0 Å². The largest absolute Gasteiger partial charge is 0.312 e. The third-order valence-corrected chi connectivity index (χ3v) is 1.74. The average Bonchev–Trinajstić information content (AvgIpc) is 2.05. The van der Waals surface area contributed by atoms with Gasteiger partial charge in [-0.3, -0.25) is 0 Å². The standard InChI is InChI=1S/C9H14N2/c1-2-7-4-3-5-8(6-7)9(10)11/h3-6,9H,2,10-11H2,1H3. The molecule has 0 saturated heterocycles. The number of rotatable bonds is 2. The number of hydrogen-bond acceptors (Lipinski definition) is 2. The zero-order chi connectivity index (χ0) is 8.27. The van der Waals surface area contributed by atoms with Crippen LogP contribution >= 0.6 is 0 Å². The van der Waals surface area contributed by atoms with E-state index in [-0.39, 0.29) is 6.17 Å². The highest BCUT2D eigenvalue weighted by Gasteiger charge is 1.98. The van der Waals surface area contributed by atoms with Crippen molar-refractivity contribution in [2.24, 2.45) is 11.5 Å². The Hall–Kier alpha value is -0.860. The molecule has 2 nitrogen and oxygen atoms in total. The first-order valence-electron chi connectivity index (χ1n) is 3.84. The second kappa shape index (κ2) is 3.51. The molecule has 0 atom stereocenters. The van der Waals surface area contributed by atoms with Crippen LogP contribution < -0.4 is 11.5 Å². The van der Waals surface area contributed by atoms with Crippen molar-refractivity contribution in [3.05, 3.63) is 35.4 Å². The van der Waals surface area contributed by atoms with Crippen molar-refractivity contribution in [2.75, 3.05) is 0 Å². The van der Waals surface area contributed by atoms with Gasteiger partial charge in [0.25, 0.3) is 0 Å². The summed E-state index contributed by atoms with van der Waals surface area (Å²) in [5.74, 6) is 0. The lowest BCUT2D eigenvalue weighted by atomic mass is 10.1. The van der Waals surface area contributed by atoms with Gasteiger partial charge >= 0.3 is 0 Å². The molecule has 0 radical (unpaired) electrons. The fourth-order valence-corrected chi connectivity index (χ4v) is 1.02. The molecule has 0 bridgehead atoms. The van der Waals surface area contributed by atoms with E-state index in [0.717, 1.165) is 12.0 Å². The predicted molar refractivity (Wildman–Crippen MR) is 46.9 cm³/mol. The lowest BCUT2D eigenvalue weighted by molar-refractivity contribution is 0.771. The smallest absolute Gasteiger partial charge is 0.0784 e. The summed E-state index contributed by atoms with van der Waals surface area (Å²) in [5, 5.41) is 0. The predicted octanol–water partition coefficient (Wildman–Crippen LogP) is 1.17. The van der Waals surface area contributed by atoms with Crippen LogP contribution in [0.25, 0.3) is 0 Å². The first-order chi connectivity index (χ1) is 5.24. The Bertz CT molecular complexity index is 231. The van der Waals surface area contributed by atoms with Gasteiger partial charge in [-0.05, 0) is 17.5 Å². The number of aryl methyl sites for hydroxylation is 1. The number of benzene rings is 1. The third-order valence-electron chi connectivity index (χ3n) is 1.74. The maximum absolute atomic E-state index is 5.52. The van der Waals surface area contributed by atoms with Crippen molar-refractivity contribution in [3.63, 3.8) is 0 Å². The van der Waals surface area contributed by atoms with E-state index in [4.69, 9.17) is 11.5 Å². The van der Waals surface area contributed by atoms with Crippen LogP contribution in [-0.2, 0) is 6.42 Å². The minimum atomic E-state index is -0.346. The first-order valence-corrected chi connectivity index (χ1v) is 3.84. The van der Waals surface area contributed by atoms with E-state index in [1.165, 1.54) is 5.56 Å². The quantitative estimate of drug-likeness (QED) is 0.622. The topological polar surface area (TPSA) is 52.0 Å². The van der Waals surface area contributed by atoms with Crippen molar-refractivity contribution in [3.8, 4) is 0 Å². The van der Waals surface area contributed by atoms with E-state index in [9.17, 15) is 0 Å². The molecule has 2 heteroatoms. The van der Waals surface area contributed by atoms with Gasteiger partial charge in [-0.2, -0.15) is 0 Å². The highest BCUT2D eigenvalue weighted by molar-refractivity contribution is 5.25. The lowest BCUT2D eigenvalue weighted by Gasteiger charge is -2.06. The molecule has 1 rings (SSSR count). The molecule has 4 N–H and O–H groups in total. The average molecular weight is 150 g/mol. The molecule has 0 aliphatic carbocycles. The fourth-order valence-electron chi connectivity index (χ4n) is 1.02. The lowest BCUT2D eigenvalue weighted by Crippen LogP contribution is -2.19. The molecule has 11 heavy (non-hydrogen) atoms. The maximum atomic E-state index is 5.52. The van der Waals surface area contributed by atoms with Crippen LogP contribution in [-0.4, -0.2) is 0 Å². The summed E-state index contributed by atoms with van der Waals surface area (Å²) in [6.45, 7) is 2.11. The Morgan fingerprint density at radius 2 is 2.09 bits per heavy atom. The van der Waals surface area contributed by atoms with Crippen LogP contribution in [0, 0.1) is 0 Å². The molecule has 0 saturated carbocycles. The third kappa shape index (κ3) is 2.03. The SMILES string of the molecule is CCc1cccc(C(N)N)c1. The monoisotopic (exact) mass is 150 g/mol. The summed E-state index contributed by atoms with van der Waals surface area (Å²) < 4.78 is 0. The molecule has 60 valence electrons. The number of hydrogen-bond donors (Lipinski definition) is 2. The van der Waals surface area contributed by atoms with Crippen LogP contribution in [0.15, 0.2) is 24.3 Å². The normalized spacial score (nSPS) is 10.5. The van der Waals surface area contributed by atoms with E-state index in [2.05, 4.69) is 13.0 Å². The second-order valence-corrected chi connectivity index (χ2v) is 2.62. The molecular weight excluding hydrogens is 136 g/mol. The van der Waals surface area contributed by atoms with Crippen LogP contribution in [0.1, 0.15) is 24.2 Å². The fraction of sp³-hybridized carbons (Fsp3) is 0.333. The Balaban J connectivity index is 2.91. The summed E-state index contributed by atoms with van der Waals surface area (Å²) >= 11 is 0. The molecule has 0 spiro atoms. The summed E-state index contributed by atoms with van der Waals surface area (Å²) in [6.07, 6.45) is 0.682. The van der Waals surface area contributed by atoms with Gasteiger partial charge < -0.3 is 11.5 Å². The van der Waals surface area contributed by atoms with Crippen LogP contribution in [0.3, 0.4) is 0 Å². The summed E-state index contributed by atoms with van der Waals surface area (Å²) in [6, 6.07) is 8.06. The minimum Gasteiger partial charge on any atom is -0.312 e. The first kappa shape index (κ1) is 8.24. The zero-order valence-electron chi connectivity index (χ0n) is 6.75. The van der Waals surface area contributed by atoms with E-state index < -0.39 is 0 Å².